The van der Waals surface area contributed by atoms with Crippen molar-refractivity contribution in [3.8, 4) is 0 Å². The van der Waals surface area contributed by atoms with E-state index in [1.165, 1.54) is 19.9 Å². The minimum atomic E-state index is -1.14. The van der Waals surface area contributed by atoms with E-state index in [1.807, 2.05) is 0 Å². The highest BCUT2D eigenvalue weighted by molar-refractivity contribution is 5.84. The standard InChI is InChI=1S/C12H22N2O3/c1-8-3-5-9(6-4-8)7-10(11(15)13-2)14-12(16)17/h8-10,14H,3-7H2,1-2H3,(H,13,15)(H,16,17)/t8?,9?,10-/m0/s1. The molecule has 17 heavy (non-hydrogen) atoms. The summed E-state index contributed by atoms with van der Waals surface area (Å²) >= 11 is 0. The first-order valence-electron chi connectivity index (χ1n) is 6.24. The molecule has 98 valence electrons. The van der Waals surface area contributed by atoms with Crippen molar-refractivity contribution in [2.75, 3.05) is 7.05 Å². The Morgan fingerprint density at radius 1 is 1.29 bits per heavy atom. The maximum absolute atomic E-state index is 11.5. The molecule has 0 aromatic carbocycles. The minimum Gasteiger partial charge on any atom is -0.465 e. The summed E-state index contributed by atoms with van der Waals surface area (Å²) in [5.74, 6) is 0.975. The second kappa shape index (κ2) is 6.47. The first-order chi connectivity index (χ1) is 8.02. The van der Waals surface area contributed by atoms with Crippen molar-refractivity contribution in [3.05, 3.63) is 0 Å². The maximum Gasteiger partial charge on any atom is 0.405 e. The molecule has 1 fully saturated rings. The number of carboxylic acid groups (broad SMARTS) is 1. The third-order valence-corrected chi connectivity index (χ3v) is 3.57. The zero-order valence-corrected chi connectivity index (χ0v) is 10.5. The minimum absolute atomic E-state index is 0.244. The van der Waals surface area contributed by atoms with Crippen molar-refractivity contribution in [3.63, 3.8) is 0 Å². The molecule has 2 amide bonds. The van der Waals surface area contributed by atoms with Gasteiger partial charge in [0.15, 0.2) is 0 Å². The Labute approximate surface area is 102 Å². The summed E-state index contributed by atoms with van der Waals surface area (Å²) in [5, 5.41) is 13.5. The van der Waals surface area contributed by atoms with E-state index < -0.39 is 12.1 Å². The fourth-order valence-electron chi connectivity index (χ4n) is 2.45. The van der Waals surface area contributed by atoms with E-state index >= 15 is 0 Å². The van der Waals surface area contributed by atoms with Crippen molar-refractivity contribution in [2.24, 2.45) is 11.8 Å². The first kappa shape index (κ1) is 13.8. The van der Waals surface area contributed by atoms with Gasteiger partial charge in [0.05, 0.1) is 0 Å². The molecule has 1 saturated carbocycles. The molecule has 0 saturated heterocycles. The van der Waals surface area contributed by atoms with E-state index in [0.717, 1.165) is 18.8 Å². The van der Waals surface area contributed by atoms with Crippen LogP contribution >= 0.6 is 0 Å². The van der Waals surface area contributed by atoms with Gasteiger partial charge in [0.1, 0.15) is 6.04 Å². The van der Waals surface area contributed by atoms with Crippen molar-refractivity contribution in [1.29, 1.82) is 0 Å². The molecule has 0 aromatic rings. The van der Waals surface area contributed by atoms with Crippen LogP contribution in [-0.2, 0) is 4.79 Å². The molecular formula is C12H22N2O3. The number of hydrogen-bond donors (Lipinski definition) is 3. The topological polar surface area (TPSA) is 78.4 Å². The van der Waals surface area contributed by atoms with Crippen LogP contribution in [0.3, 0.4) is 0 Å². The quantitative estimate of drug-likeness (QED) is 0.700. The monoisotopic (exact) mass is 242 g/mol. The summed E-state index contributed by atoms with van der Waals surface area (Å²) < 4.78 is 0. The van der Waals surface area contributed by atoms with E-state index in [9.17, 15) is 9.59 Å². The molecule has 0 spiro atoms. The van der Waals surface area contributed by atoms with Gasteiger partial charge in [-0.05, 0) is 18.3 Å². The molecule has 1 rings (SSSR count). The summed E-state index contributed by atoms with van der Waals surface area (Å²) in [6.45, 7) is 2.24. The SMILES string of the molecule is CNC(=O)[C@H](CC1CCC(C)CC1)NC(=O)O. The molecule has 3 N–H and O–H groups in total. The maximum atomic E-state index is 11.5. The predicted molar refractivity (Wildman–Crippen MR) is 64.8 cm³/mol. The number of hydrogen-bond acceptors (Lipinski definition) is 2. The Hall–Kier alpha value is -1.26. The Kier molecular flexibility index (Phi) is 5.25. The molecule has 0 bridgehead atoms. The molecule has 0 radical (unpaired) electrons. The van der Waals surface area contributed by atoms with Crippen LogP contribution in [0.4, 0.5) is 4.79 Å². The van der Waals surface area contributed by atoms with Gasteiger partial charge in [-0.15, -0.1) is 0 Å². The van der Waals surface area contributed by atoms with Gasteiger partial charge in [-0.1, -0.05) is 32.6 Å². The summed E-state index contributed by atoms with van der Waals surface area (Å²) in [6.07, 6.45) is 4.02. The van der Waals surface area contributed by atoms with Crippen LogP contribution in [0.25, 0.3) is 0 Å². The second-order valence-electron chi connectivity index (χ2n) is 4.98. The van der Waals surface area contributed by atoms with E-state index in [0.29, 0.717) is 12.3 Å². The molecule has 0 unspecified atom stereocenters. The fourth-order valence-corrected chi connectivity index (χ4v) is 2.45. The van der Waals surface area contributed by atoms with Gasteiger partial charge >= 0.3 is 6.09 Å². The van der Waals surface area contributed by atoms with Gasteiger partial charge in [-0.25, -0.2) is 4.79 Å². The third kappa shape index (κ3) is 4.63. The van der Waals surface area contributed by atoms with E-state index in [2.05, 4.69) is 17.6 Å². The molecule has 5 heteroatoms. The molecule has 1 aliphatic carbocycles. The number of nitrogens with one attached hydrogen (secondary N) is 2. The highest BCUT2D eigenvalue weighted by atomic mass is 16.4. The summed E-state index contributed by atoms with van der Waals surface area (Å²) in [7, 11) is 1.53. The van der Waals surface area contributed by atoms with Gasteiger partial charge in [-0.2, -0.15) is 0 Å². The first-order valence-corrected chi connectivity index (χ1v) is 6.24. The Morgan fingerprint density at radius 3 is 2.35 bits per heavy atom. The van der Waals surface area contributed by atoms with Gasteiger partial charge in [0, 0.05) is 7.05 Å². The van der Waals surface area contributed by atoms with Crippen LogP contribution in [0.5, 0.6) is 0 Å². The van der Waals surface area contributed by atoms with E-state index in [-0.39, 0.29) is 5.91 Å². The number of carbonyl (C=O) groups is 2. The van der Waals surface area contributed by atoms with Gasteiger partial charge < -0.3 is 15.7 Å². The average molecular weight is 242 g/mol. The van der Waals surface area contributed by atoms with Crippen LogP contribution in [0, 0.1) is 11.8 Å². The Balaban J connectivity index is 2.47. The molecule has 0 aliphatic heterocycles. The van der Waals surface area contributed by atoms with Gasteiger partial charge in [-0.3, -0.25) is 4.79 Å². The number of rotatable bonds is 4. The molecular weight excluding hydrogens is 220 g/mol. The van der Waals surface area contributed by atoms with Crippen LogP contribution < -0.4 is 10.6 Å². The van der Waals surface area contributed by atoms with Crippen molar-refractivity contribution in [1.82, 2.24) is 10.6 Å². The van der Waals surface area contributed by atoms with Crippen LogP contribution in [-0.4, -0.2) is 30.2 Å². The molecule has 1 atom stereocenters. The lowest BCUT2D eigenvalue weighted by atomic mass is 9.80. The molecule has 1 aliphatic rings. The fraction of sp³-hybridized carbons (Fsp3) is 0.833. The smallest absolute Gasteiger partial charge is 0.405 e. The number of amides is 2. The van der Waals surface area contributed by atoms with Crippen LogP contribution in [0.15, 0.2) is 0 Å². The van der Waals surface area contributed by atoms with Gasteiger partial charge in [0.25, 0.3) is 0 Å². The lowest BCUT2D eigenvalue weighted by Gasteiger charge is -2.28. The zero-order chi connectivity index (χ0) is 12.8. The summed E-state index contributed by atoms with van der Waals surface area (Å²) in [6, 6.07) is -0.615. The summed E-state index contributed by atoms with van der Waals surface area (Å²) in [4.78, 5) is 22.2. The normalized spacial score (nSPS) is 26.0. The van der Waals surface area contributed by atoms with Crippen LogP contribution in [0.2, 0.25) is 0 Å². The second-order valence-corrected chi connectivity index (χ2v) is 4.98. The predicted octanol–water partition coefficient (Wildman–Crippen LogP) is 1.58. The van der Waals surface area contributed by atoms with Crippen molar-refractivity contribution < 1.29 is 14.7 Å². The Bertz CT molecular complexity index is 273. The molecule has 0 aromatic heterocycles. The lowest BCUT2D eigenvalue weighted by molar-refractivity contribution is -0.123. The van der Waals surface area contributed by atoms with Crippen molar-refractivity contribution >= 4 is 12.0 Å². The van der Waals surface area contributed by atoms with Crippen molar-refractivity contribution in [2.45, 2.75) is 45.1 Å². The zero-order valence-electron chi connectivity index (χ0n) is 10.5. The molecule has 5 nitrogen and oxygen atoms in total. The highest BCUT2D eigenvalue weighted by Gasteiger charge is 2.26. The van der Waals surface area contributed by atoms with E-state index in [4.69, 9.17) is 5.11 Å². The largest absolute Gasteiger partial charge is 0.465 e. The summed E-state index contributed by atoms with van der Waals surface area (Å²) in [5.41, 5.74) is 0. The number of likely N-dealkylation sites (N-methyl/N-ethyl adjacent to an activating group) is 1. The lowest BCUT2D eigenvalue weighted by Crippen LogP contribution is -2.46. The molecule has 0 heterocycles. The average Bonchev–Trinajstić information content (AvgIpc) is 2.29. The van der Waals surface area contributed by atoms with Gasteiger partial charge in [0.2, 0.25) is 5.91 Å². The highest BCUT2D eigenvalue weighted by Crippen LogP contribution is 2.31. The third-order valence-electron chi connectivity index (χ3n) is 3.57. The van der Waals surface area contributed by atoms with Crippen LogP contribution in [0.1, 0.15) is 39.0 Å². The van der Waals surface area contributed by atoms with E-state index in [1.54, 1.807) is 0 Å². The number of carbonyl (C=O) groups excluding carboxylic acids is 1. The Morgan fingerprint density at radius 2 is 1.88 bits per heavy atom.